The van der Waals surface area contributed by atoms with Crippen molar-refractivity contribution in [3.05, 3.63) is 28.2 Å². The number of nitrogens with one attached hydrogen (secondary N) is 1. The van der Waals surface area contributed by atoms with Gasteiger partial charge in [-0.3, -0.25) is 0 Å². The number of rotatable bonds is 4. The van der Waals surface area contributed by atoms with Crippen LogP contribution in [0, 0.1) is 0 Å². The van der Waals surface area contributed by atoms with Gasteiger partial charge >= 0.3 is 0 Å². The summed E-state index contributed by atoms with van der Waals surface area (Å²) in [6, 6.07) is 7.32. The van der Waals surface area contributed by atoms with Gasteiger partial charge in [0.25, 0.3) is 0 Å². The molecule has 90 valence electrons. The lowest BCUT2D eigenvalue weighted by Crippen LogP contribution is -2.28. The molecule has 1 atom stereocenters. The van der Waals surface area contributed by atoms with E-state index in [0.29, 0.717) is 12.1 Å². The van der Waals surface area contributed by atoms with E-state index in [0.717, 1.165) is 4.47 Å². The lowest BCUT2D eigenvalue weighted by molar-refractivity contribution is 0.644. The maximum atomic E-state index is 3.53. The van der Waals surface area contributed by atoms with E-state index in [1.54, 1.807) is 0 Å². The Bertz CT molecular complexity index is 350. The smallest absolute Gasteiger partial charge is 0.0415 e. The standard InChI is InChI=1S/C13H21BrN2/c1-9(2)16(5)13-7-6-11(14)8-12(13)10(3)15-4/h6-10,15H,1-5H3. The first-order valence-electron chi connectivity index (χ1n) is 5.67. The molecule has 0 aliphatic heterocycles. The quantitative estimate of drug-likeness (QED) is 0.909. The SMILES string of the molecule is CNC(C)c1cc(Br)ccc1N(C)C(C)C. The molecule has 0 aliphatic rings. The van der Waals surface area contributed by atoms with Crippen LogP contribution in [0.3, 0.4) is 0 Å². The molecular formula is C13H21BrN2. The first kappa shape index (κ1) is 13.5. The van der Waals surface area contributed by atoms with Gasteiger partial charge in [-0.15, -0.1) is 0 Å². The predicted octanol–water partition coefficient (Wildman–Crippen LogP) is 3.57. The van der Waals surface area contributed by atoms with Gasteiger partial charge in [-0.2, -0.15) is 0 Å². The molecule has 0 spiro atoms. The van der Waals surface area contributed by atoms with Crippen LogP contribution in [0.25, 0.3) is 0 Å². The third kappa shape index (κ3) is 2.98. The summed E-state index contributed by atoms with van der Waals surface area (Å²) in [4.78, 5) is 2.30. The zero-order chi connectivity index (χ0) is 12.3. The maximum Gasteiger partial charge on any atom is 0.0415 e. The fourth-order valence-corrected chi connectivity index (χ4v) is 2.01. The van der Waals surface area contributed by atoms with Gasteiger partial charge in [0, 0.05) is 29.3 Å². The highest BCUT2D eigenvalue weighted by Gasteiger charge is 2.14. The maximum absolute atomic E-state index is 3.53. The van der Waals surface area contributed by atoms with Gasteiger partial charge in [-0.1, -0.05) is 15.9 Å². The van der Waals surface area contributed by atoms with Crippen LogP contribution in [0.2, 0.25) is 0 Å². The van der Waals surface area contributed by atoms with Gasteiger partial charge in [0.15, 0.2) is 0 Å². The Labute approximate surface area is 107 Å². The third-order valence-corrected chi connectivity index (χ3v) is 3.54. The lowest BCUT2D eigenvalue weighted by atomic mass is 10.0. The molecular weight excluding hydrogens is 264 g/mol. The lowest BCUT2D eigenvalue weighted by Gasteiger charge is -2.28. The second-order valence-corrected chi connectivity index (χ2v) is 5.33. The van der Waals surface area contributed by atoms with Crippen LogP contribution in [0.1, 0.15) is 32.4 Å². The Hall–Kier alpha value is -0.540. The van der Waals surface area contributed by atoms with Gasteiger partial charge in [0.05, 0.1) is 0 Å². The first-order chi connectivity index (χ1) is 7.47. The van der Waals surface area contributed by atoms with Gasteiger partial charge in [-0.25, -0.2) is 0 Å². The number of hydrogen-bond acceptors (Lipinski definition) is 2. The highest BCUT2D eigenvalue weighted by Crippen LogP contribution is 2.29. The Morgan fingerprint density at radius 1 is 1.25 bits per heavy atom. The molecule has 1 rings (SSSR count). The molecule has 0 saturated carbocycles. The van der Waals surface area contributed by atoms with Crippen LogP contribution in [0.5, 0.6) is 0 Å². The Morgan fingerprint density at radius 2 is 1.88 bits per heavy atom. The Kier molecular flexibility index (Phi) is 4.81. The summed E-state index contributed by atoms with van der Waals surface area (Å²) in [6.07, 6.45) is 0. The highest BCUT2D eigenvalue weighted by molar-refractivity contribution is 9.10. The van der Waals surface area contributed by atoms with Gasteiger partial charge < -0.3 is 10.2 Å². The summed E-state index contributed by atoms with van der Waals surface area (Å²) in [5, 5.41) is 3.30. The minimum absolute atomic E-state index is 0.355. The van der Waals surface area contributed by atoms with Crippen molar-refractivity contribution in [3.8, 4) is 0 Å². The topological polar surface area (TPSA) is 15.3 Å². The van der Waals surface area contributed by atoms with E-state index in [1.165, 1.54) is 11.3 Å². The van der Waals surface area contributed by atoms with Crippen molar-refractivity contribution in [3.63, 3.8) is 0 Å². The monoisotopic (exact) mass is 284 g/mol. The number of benzene rings is 1. The molecule has 1 aromatic carbocycles. The summed E-state index contributed by atoms with van der Waals surface area (Å²) >= 11 is 3.53. The molecule has 0 heterocycles. The summed E-state index contributed by atoms with van der Waals surface area (Å²) in [7, 11) is 4.13. The van der Waals surface area contributed by atoms with Crippen LogP contribution in [-0.4, -0.2) is 20.1 Å². The number of nitrogens with zero attached hydrogens (tertiary/aromatic N) is 1. The second-order valence-electron chi connectivity index (χ2n) is 4.42. The average Bonchev–Trinajstić information content (AvgIpc) is 2.26. The van der Waals surface area contributed by atoms with E-state index in [4.69, 9.17) is 0 Å². The van der Waals surface area contributed by atoms with Crippen molar-refractivity contribution in [1.82, 2.24) is 5.32 Å². The van der Waals surface area contributed by atoms with Crippen LogP contribution >= 0.6 is 15.9 Å². The zero-order valence-electron chi connectivity index (χ0n) is 10.7. The van der Waals surface area contributed by atoms with Crippen molar-refractivity contribution < 1.29 is 0 Å². The van der Waals surface area contributed by atoms with Gasteiger partial charge in [-0.05, 0) is 51.6 Å². The summed E-state index contributed by atoms with van der Waals surface area (Å²) < 4.78 is 1.13. The normalized spacial score (nSPS) is 12.9. The molecule has 16 heavy (non-hydrogen) atoms. The molecule has 0 amide bonds. The Morgan fingerprint density at radius 3 is 2.38 bits per heavy atom. The number of hydrogen-bond donors (Lipinski definition) is 1. The van der Waals surface area contributed by atoms with Crippen LogP contribution in [0.15, 0.2) is 22.7 Å². The number of anilines is 1. The molecule has 0 saturated heterocycles. The molecule has 0 aromatic heterocycles. The van der Waals surface area contributed by atoms with Crippen molar-refractivity contribution in [1.29, 1.82) is 0 Å². The molecule has 1 aromatic rings. The zero-order valence-corrected chi connectivity index (χ0v) is 12.3. The average molecular weight is 285 g/mol. The summed E-state index contributed by atoms with van der Waals surface area (Å²) in [6.45, 7) is 6.59. The third-order valence-electron chi connectivity index (χ3n) is 3.04. The van der Waals surface area contributed by atoms with E-state index in [1.807, 2.05) is 7.05 Å². The van der Waals surface area contributed by atoms with Crippen molar-refractivity contribution in [2.45, 2.75) is 32.9 Å². The number of halogens is 1. The second kappa shape index (κ2) is 5.69. The fourth-order valence-electron chi connectivity index (χ4n) is 1.63. The van der Waals surface area contributed by atoms with Crippen LogP contribution in [-0.2, 0) is 0 Å². The van der Waals surface area contributed by atoms with Crippen LogP contribution in [0.4, 0.5) is 5.69 Å². The van der Waals surface area contributed by atoms with E-state index in [2.05, 4.69) is 72.2 Å². The van der Waals surface area contributed by atoms with Crippen molar-refractivity contribution >= 4 is 21.6 Å². The van der Waals surface area contributed by atoms with E-state index >= 15 is 0 Å². The highest BCUT2D eigenvalue weighted by atomic mass is 79.9. The molecule has 0 aliphatic carbocycles. The summed E-state index contributed by atoms with van der Waals surface area (Å²) in [5.41, 5.74) is 2.62. The van der Waals surface area contributed by atoms with E-state index < -0.39 is 0 Å². The van der Waals surface area contributed by atoms with Gasteiger partial charge in [0.2, 0.25) is 0 Å². The minimum atomic E-state index is 0.355. The largest absolute Gasteiger partial charge is 0.372 e. The van der Waals surface area contributed by atoms with Crippen molar-refractivity contribution in [2.75, 3.05) is 19.0 Å². The molecule has 3 heteroatoms. The van der Waals surface area contributed by atoms with Gasteiger partial charge in [0.1, 0.15) is 0 Å². The molecule has 0 radical (unpaired) electrons. The Balaban J connectivity index is 3.17. The first-order valence-corrected chi connectivity index (χ1v) is 6.46. The molecule has 1 unspecified atom stereocenters. The fraction of sp³-hybridized carbons (Fsp3) is 0.538. The van der Waals surface area contributed by atoms with Crippen LogP contribution < -0.4 is 10.2 Å². The summed E-state index contributed by atoms with van der Waals surface area (Å²) in [5.74, 6) is 0. The molecule has 0 fully saturated rings. The van der Waals surface area contributed by atoms with Crippen molar-refractivity contribution in [2.24, 2.45) is 0 Å². The molecule has 1 N–H and O–H groups in total. The molecule has 0 bridgehead atoms. The minimum Gasteiger partial charge on any atom is -0.372 e. The molecule has 2 nitrogen and oxygen atoms in total. The predicted molar refractivity (Wildman–Crippen MR) is 75.2 cm³/mol. The van der Waals surface area contributed by atoms with E-state index in [-0.39, 0.29) is 0 Å². The van der Waals surface area contributed by atoms with E-state index in [9.17, 15) is 0 Å².